The molecule has 0 radical (unpaired) electrons. The third-order valence-electron chi connectivity index (χ3n) is 15.3. The summed E-state index contributed by atoms with van der Waals surface area (Å²) in [6.45, 7) is 6.62. The lowest BCUT2D eigenvalue weighted by atomic mass is 9.94. The van der Waals surface area contributed by atoms with Gasteiger partial charge in [0.15, 0.2) is 0 Å². The smallest absolute Gasteiger partial charge is 0.410 e. The Kier molecular flexibility index (Phi) is 18.4. The van der Waals surface area contributed by atoms with Gasteiger partial charge in [0, 0.05) is 61.1 Å². The molecule has 0 aliphatic carbocycles. The van der Waals surface area contributed by atoms with E-state index in [4.69, 9.17) is 9.47 Å². The number of fused-ring (bicyclic) bond motifs is 2. The zero-order valence-corrected chi connectivity index (χ0v) is 45.3. The lowest BCUT2D eigenvalue weighted by Gasteiger charge is -2.31. The molecule has 2 aliphatic heterocycles. The monoisotopic (exact) mass is 1090 g/mol. The minimum absolute atomic E-state index is 0.00449. The van der Waals surface area contributed by atoms with E-state index in [1.54, 1.807) is 28.9 Å². The minimum Gasteiger partial charge on any atom is -0.445 e. The number of halogens is 2. The molecule has 8 atom stereocenters. The Morgan fingerprint density at radius 1 is 0.633 bits per heavy atom. The molecule has 79 heavy (non-hydrogen) atoms. The molecule has 420 valence electrons. The lowest BCUT2D eigenvalue weighted by Crippen LogP contribution is -2.54. The number of carbonyl (C=O) groups is 6. The number of hydrogen-bond donors (Lipinski definition) is 6. The van der Waals surface area contributed by atoms with Gasteiger partial charge < -0.3 is 50.1 Å². The Labute approximate surface area is 457 Å². The van der Waals surface area contributed by atoms with Gasteiger partial charge >= 0.3 is 12.2 Å². The van der Waals surface area contributed by atoms with Crippen LogP contribution in [0.25, 0.3) is 33.2 Å². The number of aromatic amines is 2. The molecule has 20 heteroatoms. The summed E-state index contributed by atoms with van der Waals surface area (Å²) in [4.78, 5) is 94.9. The third-order valence-corrected chi connectivity index (χ3v) is 15.3. The summed E-state index contributed by atoms with van der Waals surface area (Å²) < 4.78 is 41.1. The second-order valence-electron chi connectivity index (χ2n) is 20.8. The molecular formula is C59H70F2N8O10. The second-order valence-corrected chi connectivity index (χ2v) is 20.8. The van der Waals surface area contributed by atoms with Crippen molar-refractivity contribution < 1.29 is 57.2 Å². The van der Waals surface area contributed by atoms with Crippen molar-refractivity contribution in [2.75, 3.05) is 27.2 Å². The Hall–Kier alpha value is -7.84. The molecule has 6 aromatic rings. The van der Waals surface area contributed by atoms with Gasteiger partial charge in [0.25, 0.3) is 0 Å². The van der Waals surface area contributed by atoms with Crippen molar-refractivity contribution in [3.05, 3.63) is 131 Å². The van der Waals surface area contributed by atoms with Gasteiger partial charge in [-0.05, 0) is 111 Å². The van der Waals surface area contributed by atoms with Crippen LogP contribution in [0.15, 0.2) is 97.1 Å². The molecule has 18 nitrogen and oxygen atoms in total. The summed E-state index contributed by atoms with van der Waals surface area (Å²) in [5.41, 5.74) is 4.67. The van der Waals surface area contributed by atoms with Crippen LogP contribution in [0.2, 0.25) is 0 Å². The minimum atomic E-state index is -1.03. The number of nitrogens with zero attached hydrogens (tertiary/aromatic N) is 4. The molecule has 2 aromatic heterocycles. The first-order valence-electron chi connectivity index (χ1n) is 26.9. The molecule has 4 aromatic carbocycles. The van der Waals surface area contributed by atoms with Crippen molar-refractivity contribution in [1.82, 2.24) is 40.2 Å². The standard InChI is InChI=1S/C59H70F2N8O10/c1-7-15-49(65-55(73)35(4)67(6)59(77)79-33-37-18-13-10-14-19-37)57(75)69-31-43(71)27-41(69)29-47-45-23-21-39(61)25-51(45)63-53(47)52-46(44-22-20-38(60)24-50(44)62-52)28-40-26-42(70)30-68(40)56(74)48(8-2)64-54(72)34(3)66(5)58(76)78-32-36-16-11-9-12-17-36/h9-14,16-25,34-35,40-43,48-49,62-63,70-71H,7-8,15,26-33H2,1-6H3,(H,64,72)(H,65,73)/t34-,35-,40-,41-,42-,43-,48-,49-/m0/s1. The van der Waals surface area contributed by atoms with Crippen molar-refractivity contribution >= 4 is 57.6 Å². The second kappa shape index (κ2) is 25.3. The number of amides is 6. The number of benzene rings is 4. The predicted molar refractivity (Wildman–Crippen MR) is 292 cm³/mol. The van der Waals surface area contributed by atoms with Gasteiger partial charge in [0.1, 0.15) is 49.0 Å². The van der Waals surface area contributed by atoms with E-state index in [1.165, 1.54) is 52.2 Å². The van der Waals surface area contributed by atoms with E-state index in [2.05, 4.69) is 20.6 Å². The zero-order valence-electron chi connectivity index (χ0n) is 45.3. The summed E-state index contributed by atoms with van der Waals surface area (Å²) in [6.07, 6.45) is -1.70. The molecule has 2 aliphatic rings. The number of nitrogens with one attached hydrogen (secondary N) is 4. The number of likely N-dealkylation sites (N-methyl/N-ethyl adjacent to an activating group) is 2. The van der Waals surface area contributed by atoms with E-state index in [9.17, 15) is 39.0 Å². The van der Waals surface area contributed by atoms with E-state index < -0.39 is 95.9 Å². The van der Waals surface area contributed by atoms with Crippen molar-refractivity contribution in [2.24, 2.45) is 0 Å². The summed E-state index contributed by atoms with van der Waals surface area (Å²) >= 11 is 0. The quantitative estimate of drug-likeness (QED) is 0.0454. The maximum Gasteiger partial charge on any atom is 0.410 e. The van der Waals surface area contributed by atoms with Crippen molar-refractivity contribution in [1.29, 1.82) is 0 Å². The maximum atomic E-state index is 15.1. The fourth-order valence-corrected chi connectivity index (χ4v) is 10.7. The predicted octanol–water partition coefficient (Wildman–Crippen LogP) is 7.10. The zero-order chi connectivity index (χ0) is 56.7. The lowest BCUT2D eigenvalue weighted by molar-refractivity contribution is -0.138. The van der Waals surface area contributed by atoms with Gasteiger partial charge in [-0.2, -0.15) is 0 Å². The van der Waals surface area contributed by atoms with Crippen LogP contribution in [0.5, 0.6) is 0 Å². The van der Waals surface area contributed by atoms with Gasteiger partial charge in [-0.25, -0.2) is 18.4 Å². The Morgan fingerprint density at radius 3 is 1.44 bits per heavy atom. The number of aliphatic hydroxyl groups excluding tert-OH is 2. The van der Waals surface area contributed by atoms with Crippen molar-refractivity contribution in [3.8, 4) is 11.4 Å². The summed E-state index contributed by atoms with van der Waals surface area (Å²) in [7, 11) is 2.87. The number of likely N-dealkylation sites (tertiary alicyclic amines) is 2. The number of carbonyl (C=O) groups excluding carboxylic acids is 6. The maximum absolute atomic E-state index is 15.1. The number of aliphatic hydroxyl groups is 2. The molecular weight excluding hydrogens is 1020 g/mol. The number of β-amino-alcohol motifs (C(OH)–C–C–N with tert-alkyl or cyclic N) is 2. The molecule has 8 rings (SSSR count). The van der Waals surface area contributed by atoms with Gasteiger partial charge in [0.05, 0.1) is 23.6 Å². The summed E-state index contributed by atoms with van der Waals surface area (Å²) in [6, 6.07) is 21.5. The highest BCUT2D eigenvalue weighted by Gasteiger charge is 2.42. The first-order chi connectivity index (χ1) is 37.8. The largest absolute Gasteiger partial charge is 0.445 e. The highest BCUT2D eigenvalue weighted by molar-refractivity contribution is 5.97. The van der Waals surface area contributed by atoms with Gasteiger partial charge in [-0.1, -0.05) is 80.9 Å². The van der Waals surface area contributed by atoms with Crippen LogP contribution in [-0.4, -0.2) is 151 Å². The first kappa shape index (κ1) is 57.3. The van der Waals surface area contributed by atoms with Crippen molar-refractivity contribution in [2.45, 2.75) is 134 Å². The molecule has 6 amide bonds. The average Bonchev–Trinajstić information content (AvgIpc) is 4.35. The fraction of sp³-hybridized carbons (Fsp3) is 0.424. The Balaban J connectivity index is 1.04. The number of ether oxygens (including phenoxy) is 2. The third kappa shape index (κ3) is 13.2. The molecule has 2 saturated heterocycles. The van der Waals surface area contributed by atoms with E-state index in [-0.39, 0.29) is 64.8 Å². The van der Waals surface area contributed by atoms with Gasteiger partial charge in [0.2, 0.25) is 23.6 Å². The van der Waals surface area contributed by atoms with Crippen LogP contribution in [0.1, 0.15) is 82.1 Å². The molecule has 6 N–H and O–H groups in total. The number of H-pyrrole nitrogens is 2. The molecule has 0 unspecified atom stereocenters. The van der Waals surface area contributed by atoms with Crippen LogP contribution < -0.4 is 10.6 Å². The van der Waals surface area contributed by atoms with Crippen LogP contribution in [0.3, 0.4) is 0 Å². The van der Waals surface area contributed by atoms with Crippen LogP contribution in [0, 0.1) is 11.6 Å². The van der Waals surface area contributed by atoms with Gasteiger partial charge in [-0.3, -0.25) is 29.0 Å². The SMILES string of the molecule is CCC[C@H](NC(=O)[C@H](C)N(C)C(=O)OCc1ccccc1)C(=O)N1C[C@@H](O)C[C@H]1Cc1c(-c2[nH]c3cc(F)ccc3c2C[C@@H]2C[C@H](O)CN2C(=O)[C@H](CC)NC(=O)[C@H](C)N(C)C(=O)OCc2ccccc2)[nH]c2cc(F)ccc12. The normalized spacial score (nSPS) is 18.7. The summed E-state index contributed by atoms with van der Waals surface area (Å²) in [5, 5.41) is 29.4. The van der Waals surface area contributed by atoms with E-state index in [1.807, 2.05) is 67.6 Å². The first-order valence-corrected chi connectivity index (χ1v) is 26.9. The molecule has 2 fully saturated rings. The highest BCUT2D eigenvalue weighted by Crippen LogP contribution is 2.40. The number of rotatable bonds is 20. The topological polar surface area (TPSA) is 230 Å². The number of hydrogen-bond acceptors (Lipinski definition) is 10. The van der Waals surface area contributed by atoms with E-state index in [0.29, 0.717) is 50.7 Å². The molecule has 0 saturated carbocycles. The Morgan fingerprint density at radius 2 is 1.04 bits per heavy atom. The summed E-state index contributed by atoms with van der Waals surface area (Å²) in [5.74, 6) is -3.07. The van der Waals surface area contributed by atoms with Crippen molar-refractivity contribution in [3.63, 3.8) is 0 Å². The van der Waals surface area contributed by atoms with Gasteiger partial charge in [-0.15, -0.1) is 0 Å². The van der Waals surface area contributed by atoms with Crippen LogP contribution >= 0.6 is 0 Å². The average molecular weight is 1090 g/mol. The highest BCUT2D eigenvalue weighted by atomic mass is 19.1. The fourth-order valence-electron chi connectivity index (χ4n) is 10.7. The van der Waals surface area contributed by atoms with Crippen LogP contribution in [-0.2, 0) is 54.7 Å². The molecule has 0 spiro atoms. The molecule has 0 bridgehead atoms. The van der Waals surface area contributed by atoms with E-state index >= 15 is 8.78 Å². The Bertz CT molecular complexity index is 3150. The number of aromatic nitrogens is 2. The van der Waals surface area contributed by atoms with Crippen LogP contribution in [0.4, 0.5) is 18.4 Å². The van der Waals surface area contributed by atoms with E-state index in [0.717, 1.165) is 20.9 Å². The molecule has 4 heterocycles.